The molecule has 1 aliphatic heterocycles. The van der Waals surface area contributed by atoms with Gasteiger partial charge in [0.2, 0.25) is 0 Å². The number of rotatable bonds is 3. The number of para-hydroxylation sites is 1. The van der Waals surface area contributed by atoms with Crippen molar-refractivity contribution in [2.45, 2.75) is 25.7 Å². The maximum Gasteiger partial charge on any atom is 0.280 e. The topological polar surface area (TPSA) is 71.4 Å². The molecule has 0 saturated heterocycles. The molecule has 1 aliphatic carbocycles. The fraction of sp³-hybridized carbons (Fsp3) is 0.148. The number of aromatic nitrogens is 1. The smallest absolute Gasteiger partial charge is 0.280 e. The molecule has 3 aromatic carbocycles. The van der Waals surface area contributed by atoms with Crippen LogP contribution in [0.3, 0.4) is 0 Å². The first kappa shape index (κ1) is 19.5. The summed E-state index contributed by atoms with van der Waals surface area (Å²) >= 11 is 0. The van der Waals surface area contributed by atoms with Gasteiger partial charge in [0.05, 0.1) is 16.6 Å². The molecule has 0 radical (unpaired) electrons. The van der Waals surface area contributed by atoms with Crippen molar-refractivity contribution < 1.29 is 14.4 Å². The van der Waals surface area contributed by atoms with E-state index in [0.29, 0.717) is 16.7 Å². The molecule has 1 N–H and O–H groups in total. The summed E-state index contributed by atoms with van der Waals surface area (Å²) in [6.07, 6.45) is 4.50. The molecule has 0 fully saturated rings. The van der Waals surface area contributed by atoms with Gasteiger partial charge in [-0.15, -0.1) is 0 Å². The fourth-order valence-corrected chi connectivity index (χ4v) is 5.01. The molecule has 1 aromatic heterocycles. The number of nitrogens with zero attached hydrogens (tertiary/aromatic N) is 2. The van der Waals surface area contributed by atoms with Crippen LogP contribution in [-0.2, 0) is 12.8 Å². The number of hydrogen-bond acceptors (Lipinski definition) is 3. The number of imide groups is 1. The van der Waals surface area contributed by atoms with Gasteiger partial charge in [-0.3, -0.25) is 19.8 Å². The van der Waals surface area contributed by atoms with Crippen molar-refractivity contribution in [2.75, 3.05) is 0 Å². The maximum absolute atomic E-state index is 12.8. The van der Waals surface area contributed by atoms with Crippen LogP contribution in [0.2, 0.25) is 0 Å². The molecule has 0 atom stereocenters. The van der Waals surface area contributed by atoms with Gasteiger partial charge >= 0.3 is 0 Å². The first-order valence-electron chi connectivity index (χ1n) is 11.1. The van der Waals surface area contributed by atoms with Crippen molar-refractivity contribution in [1.29, 1.82) is 0 Å². The van der Waals surface area contributed by atoms with E-state index in [9.17, 15) is 14.4 Å². The van der Waals surface area contributed by atoms with Crippen LogP contribution in [0.4, 0.5) is 0 Å². The molecule has 4 aromatic rings. The molecule has 2 aliphatic rings. The van der Waals surface area contributed by atoms with E-state index >= 15 is 0 Å². The Balaban J connectivity index is 1.30. The molecule has 6 rings (SSSR count). The first-order valence-corrected chi connectivity index (χ1v) is 11.1. The molecule has 6 nitrogen and oxygen atoms in total. The summed E-state index contributed by atoms with van der Waals surface area (Å²) in [5.41, 5.74) is 8.35. The largest absolute Gasteiger partial charge is 0.313 e. The van der Waals surface area contributed by atoms with Crippen LogP contribution < -0.4 is 5.43 Å². The molecule has 0 unspecified atom stereocenters. The number of aryl methyl sites for hydroxylation is 1. The Bertz CT molecular complexity index is 1410. The highest BCUT2D eigenvalue weighted by molar-refractivity contribution is 6.22. The SMILES string of the molecule is O=C(NN1C(=O)c2ccccc2C1=O)c1ccc(-n2c3c(c4ccccc42)CCCC3)cc1. The third-order valence-corrected chi connectivity index (χ3v) is 6.57. The summed E-state index contributed by atoms with van der Waals surface area (Å²) in [6, 6.07) is 22.3. The van der Waals surface area contributed by atoms with Gasteiger partial charge in [-0.1, -0.05) is 30.3 Å². The first-order chi connectivity index (χ1) is 16.1. The predicted octanol–water partition coefficient (Wildman–Crippen LogP) is 4.45. The lowest BCUT2D eigenvalue weighted by molar-refractivity contribution is 0.0518. The maximum atomic E-state index is 12.8. The second-order valence-electron chi connectivity index (χ2n) is 8.46. The fourth-order valence-electron chi connectivity index (χ4n) is 5.01. The average molecular weight is 435 g/mol. The monoisotopic (exact) mass is 435 g/mol. The molecule has 2 heterocycles. The summed E-state index contributed by atoms with van der Waals surface area (Å²) in [5, 5.41) is 2.08. The lowest BCUT2D eigenvalue weighted by atomic mass is 9.95. The highest BCUT2D eigenvalue weighted by Gasteiger charge is 2.36. The quantitative estimate of drug-likeness (QED) is 0.483. The van der Waals surface area contributed by atoms with Crippen molar-refractivity contribution in [3.63, 3.8) is 0 Å². The van der Waals surface area contributed by atoms with E-state index in [0.717, 1.165) is 23.5 Å². The van der Waals surface area contributed by atoms with Crippen LogP contribution in [0.5, 0.6) is 0 Å². The van der Waals surface area contributed by atoms with Crippen molar-refractivity contribution in [3.8, 4) is 5.69 Å². The summed E-state index contributed by atoms with van der Waals surface area (Å²) < 4.78 is 2.29. The molecular weight excluding hydrogens is 414 g/mol. The van der Waals surface area contributed by atoms with Gasteiger partial charge in [0, 0.05) is 22.3 Å². The molecule has 0 saturated carbocycles. The number of carbonyl (C=O) groups is 3. The molecule has 162 valence electrons. The van der Waals surface area contributed by atoms with Gasteiger partial charge < -0.3 is 4.57 Å². The molecule has 0 spiro atoms. The minimum Gasteiger partial charge on any atom is -0.313 e. The molecule has 3 amide bonds. The zero-order chi connectivity index (χ0) is 22.5. The molecule has 0 bridgehead atoms. The van der Waals surface area contributed by atoms with Crippen LogP contribution >= 0.6 is 0 Å². The van der Waals surface area contributed by atoms with Gasteiger partial charge in [0.15, 0.2) is 0 Å². The van der Waals surface area contributed by atoms with E-state index in [1.807, 2.05) is 18.2 Å². The normalized spacial score (nSPS) is 15.0. The second-order valence-corrected chi connectivity index (χ2v) is 8.46. The van der Waals surface area contributed by atoms with Crippen LogP contribution in [-0.4, -0.2) is 27.3 Å². The van der Waals surface area contributed by atoms with Gasteiger partial charge in [0.1, 0.15) is 0 Å². The number of amides is 3. The van der Waals surface area contributed by atoms with E-state index in [1.165, 1.54) is 35.0 Å². The zero-order valence-corrected chi connectivity index (χ0v) is 17.9. The molecule has 33 heavy (non-hydrogen) atoms. The minimum absolute atomic E-state index is 0.294. The lowest BCUT2D eigenvalue weighted by Crippen LogP contribution is -2.45. The van der Waals surface area contributed by atoms with Gasteiger partial charge in [-0.05, 0) is 73.7 Å². The highest BCUT2D eigenvalue weighted by atomic mass is 16.2. The Morgan fingerprint density at radius 1 is 0.758 bits per heavy atom. The zero-order valence-electron chi connectivity index (χ0n) is 17.9. The van der Waals surface area contributed by atoms with E-state index in [-0.39, 0.29) is 0 Å². The van der Waals surface area contributed by atoms with Gasteiger partial charge in [0.25, 0.3) is 17.7 Å². The number of hydrogen-bond donors (Lipinski definition) is 1. The standard InChI is InChI=1S/C27H21N3O3/c31-25(28-30-26(32)21-9-1-2-10-22(21)27(30)33)17-13-15-18(16-14-17)29-23-11-5-3-7-19(23)20-8-4-6-12-24(20)29/h1-3,5,7,9-11,13-16H,4,6,8,12H2,(H,28,31). The van der Waals surface area contributed by atoms with E-state index < -0.39 is 17.7 Å². The lowest BCUT2D eigenvalue weighted by Gasteiger charge is -2.17. The minimum atomic E-state index is -0.522. The van der Waals surface area contributed by atoms with Crippen LogP contribution in [0, 0.1) is 0 Å². The van der Waals surface area contributed by atoms with Crippen molar-refractivity contribution in [3.05, 3.63) is 101 Å². The summed E-state index contributed by atoms with van der Waals surface area (Å²) in [7, 11) is 0. The number of nitrogens with one attached hydrogen (secondary N) is 1. The Labute approximate surface area is 190 Å². The van der Waals surface area contributed by atoms with Crippen LogP contribution in [0.1, 0.15) is 55.2 Å². The van der Waals surface area contributed by atoms with Crippen molar-refractivity contribution in [1.82, 2.24) is 15.0 Å². The van der Waals surface area contributed by atoms with Gasteiger partial charge in [-0.2, -0.15) is 5.01 Å². The van der Waals surface area contributed by atoms with E-state index in [2.05, 4.69) is 28.2 Å². The Morgan fingerprint density at radius 3 is 2.12 bits per heavy atom. The summed E-state index contributed by atoms with van der Waals surface area (Å²) in [6.45, 7) is 0. The van der Waals surface area contributed by atoms with Crippen molar-refractivity contribution >= 4 is 28.6 Å². The third kappa shape index (κ3) is 2.98. The van der Waals surface area contributed by atoms with Crippen molar-refractivity contribution in [2.24, 2.45) is 0 Å². The Hall–Kier alpha value is -4.19. The molecule has 6 heteroatoms. The Morgan fingerprint density at radius 2 is 1.39 bits per heavy atom. The van der Waals surface area contributed by atoms with Gasteiger partial charge in [-0.25, -0.2) is 0 Å². The van der Waals surface area contributed by atoms with E-state index in [1.54, 1.807) is 36.4 Å². The number of benzene rings is 3. The third-order valence-electron chi connectivity index (χ3n) is 6.57. The van der Waals surface area contributed by atoms with Crippen LogP contribution in [0.15, 0.2) is 72.8 Å². The number of fused-ring (bicyclic) bond motifs is 4. The average Bonchev–Trinajstić information content (AvgIpc) is 3.32. The Kier molecular flexibility index (Phi) is 4.40. The number of hydrazine groups is 1. The summed E-state index contributed by atoms with van der Waals surface area (Å²) in [4.78, 5) is 37.9. The van der Waals surface area contributed by atoms with Crippen LogP contribution in [0.25, 0.3) is 16.6 Å². The predicted molar refractivity (Wildman–Crippen MR) is 124 cm³/mol. The summed E-state index contributed by atoms with van der Waals surface area (Å²) in [5.74, 6) is -1.55. The highest BCUT2D eigenvalue weighted by Crippen LogP contribution is 2.34. The number of carbonyl (C=O) groups excluding carboxylic acids is 3. The van der Waals surface area contributed by atoms with E-state index in [4.69, 9.17) is 0 Å². The second kappa shape index (κ2) is 7.45. The molecular formula is C27H21N3O3.